The van der Waals surface area contributed by atoms with Crippen LogP contribution in [0.4, 0.5) is 0 Å². The quantitative estimate of drug-likeness (QED) is 0.895. The van der Waals surface area contributed by atoms with E-state index in [9.17, 15) is 0 Å². The van der Waals surface area contributed by atoms with Crippen LogP contribution in [-0.2, 0) is 13.1 Å². The normalized spacial score (nSPS) is 11.7. The van der Waals surface area contributed by atoms with Gasteiger partial charge in [0.25, 0.3) is 0 Å². The third-order valence-corrected chi connectivity index (χ3v) is 3.22. The number of nitrogens with two attached hydrogens (primary N) is 1. The molecule has 4 nitrogen and oxygen atoms in total. The van der Waals surface area contributed by atoms with Crippen molar-refractivity contribution in [2.75, 3.05) is 0 Å². The van der Waals surface area contributed by atoms with Crippen molar-refractivity contribution in [2.45, 2.75) is 33.4 Å². The molecule has 0 atom stereocenters. The first-order chi connectivity index (χ1) is 8.57. The van der Waals surface area contributed by atoms with Gasteiger partial charge in [-0.05, 0) is 38.0 Å². The van der Waals surface area contributed by atoms with Gasteiger partial charge in [-0.15, -0.1) is 0 Å². The van der Waals surface area contributed by atoms with E-state index in [2.05, 4.69) is 15.6 Å². The predicted molar refractivity (Wildman–Crippen MR) is 71.6 cm³/mol. The van der Waals surface area contributed by atoms with Gasteiger partial charge in [-0.3, -0.25) is 0 Å². The molecule has 2 N–H and O–H groups in total. The van der Waals surface area contributed by atoms with Crippen molar-refractivity contribution in [2.24, 2.45) is 11.1 Å². The van der Waals surface area contributed by atoms with Gasteiger partial charge in [-0.1, -0.05) is 0 Å². The van der Waals surface area contributed by atoms with Gasteiger partial charge in [0.05, 0.1) is 11.5 Å². The minimum Gasteiger partial charge on any atom is -0.332 e. The maximum absolute atomic E-state index is 9.04. The Morgan fingerprint density at radius 3 is 2.94 bits per heavy atom. The third-order valence-electron chi connectivity index (χ3n) is 3.22. The second-order valence-corrected chi connectivity index (χ2v) is 5.17. The summed E-state index contributed by atoms with van der Waals surface area (Å²) in [6.45, 7) is 5.21. The minimum atomic E-state index is -0.311. The fourth-order valence-corrected chi connectivity index (χ4v) is 1.98. The highest BCUT2D eigenvalue weighted by molar-refractivity contribution is 5.80. The molecule has 2 heterocycles. The molecule has 2 aromatic rings. The van der Waals surface area contributed by atoms with Crippen molar-refractivity contribution in [1.82, 2.24) is 9.55 Å². The van der Waals surface area contributed by atoms with Crippen LogP contribution in [0.25, 0.3) is 11.0 Å². The molecule has 0 fully saturated rings. The fraction of sp³-hybridized carbons (Fsp3) is 0.429. The van der Waals surface area contributed by atoms with Crippen LogP contribution in [0.15, 0.2) is 24.5 Å². The van der Waals surface area contributed by atoms with Gasteiger partial charge in [0.1, 0.15) is 5.65 Å². The lowest BCUT2D eigenvalue weighted by atomic mass is 9.91. The van der Waals surface area contributed by atoms with E-state index in [4.69, 9.17) is 11.0 Å². The van der Waals surface area contributed by atoms with Gasteiger partial charge < -0.3 is 10.3 Å². The van der Waals surface area contributed by atoms with Crippen LogP contribution >= 0.6 is 0 Å². The maximum Gasteiger partial charge on any atom is 0.140 e. The number of aromatic nitrogens is 2. The van der Waals surface area contributed by atoms with E-state index in [1.54, 1.807) is 6.20 Å². The van der Waals surface area contributed by atoms with Crippen molar-refractivity contribution >= 4 is 11.0 Å². The molecule has 0 bridgehead atoms. The molecule has 2 aromatic heterocycles. The first-order valence-electron chi connectivity index (χ1n) is 6.11. The maximum atomic E-state index is 9.04. The first kappa shape index (κ1) is 12.6. The molecule has 18 heavy (non-hydrogen) atoms. The lowest BCUT2D eigenvalue weighted by Crippen LogP contribution is -2.12. The van der Waals surface area contributed by atoms with Crippen LogP contribution in [0.1, 0.15) is 25.8 Å². The molecule has 0 aliphatic rings. The molecular formula is C14H18N4. The van der Waals surface area contributed by atoms with E-state index in [0.29, 0.717) is 6.54 Å². The largest absolute Gasteiger partial charge is 0.332 e. The highest BCUT2D eigenvalue weighted by Gasteiger charge is 2.17. The van der Waals surface area contributed by atoms with E-state index < -0.39 is 0 Å². The zero-order chi connectivity index (χ0) is 13.2. The molecule has 2 rings (SSSR count). The second kappa shape index (κ2) is 4.79. The van der Waals surface area contributed by atoms with E-state index >= 15 is 0 Å². The van der Waals surface area contributed by atoms with Crippen LogP contribution in [0.2, 0.25) is 0 Å². The van der Waals surface area contributed by atoms with Crippen molar-refractivity contribution in [3.05, 3.63) is 30.1 Å². The summed E-state index contributed by atoms with van der Waals surface area (Å²) in [6.07, 6.45) is 4.63. The number of nitrogens with zero attached hydrogens (tertiary/aromatic N) is 3. The average Bonchev–Trinajstić information content (AvgIpc) is 2.75. The Kier molecular flexibility index (Phi) is 3.35. The Morgan fingerprint density at radius 2 is 2.28 bits per heavy atom. The number of nitriles is 1. The van der Waals surface area contributed by atoms with E-state index in [1.807, 2.05) is 32.2 Å². The van der Waals surface area contributed by atoms with Crippen LogP contribution in [0, 0.1) is 16.7 Å². The molecular weight excluding hydrogens is 224 g/mol. The second-order valence-electron chi connectivity index (χ2n) is 5.17. The molecule has 0 amide bonds. The summed E-state index contributed by atoms with van der Waals surface area (Å²) >= 11 is 0. The summed E-state index contributed by atoms with van der Waals surface area (Å²) in [5, 5.41) is 10.1. The Hall–Kier alpha value is -1.86. The molecule has 0 spiro atoms. The zero-order valence-corrected chi connectivity index (χ0v) is 10.8. The lowest BCUT2D eigenvalue weighted by molar-refractivity contribution is 0.416. The topological polar surface area (TPSA) is 67.6 Å². The zero-order valence-electron chi connectivity index (χ0n) is 10.8. The van der Waals surface area contributed by atoms with Gasteiger partial charge in [-0.25, -0.2) is 4.98 Å². The summed E-state index contributed by atoms with van der Waals surface area (Å²) in [5.41, 5.74) is 7.49. The number of hydrogen-bond donors (Lipinski definition) is 1. The molecule has 0 aliphatic carbocycles. The number of rotatable bonds is 4. The molecule has 0 saturated heterocycles. The summed E-state index contributed by atoms with van der Waals surface area (Å²) < 4.78 is 2.09. The van der Waals surface area contributed by atoms with E-state index in [0.717, 1.165) is 29.6 Å². The standard InChI is InChI=1S/C14H18N4/c1-14(2,10-16)5-7-18-9-11(8-15)12-4-3-6-17-13(12)18/h3-4,6,9H,5,7-8,15H2,1-2H3. The number of fused-ring (bicyclic) bond motifs is 1. The van der Waals surface area contributed by atoms with E-state index in [1.165, 1.54) is 0 Å². The number of pyridine rings is 1. The molecule has 0 aromatic carbocycles. The first-order valence-corrected chi connectivity index (χ1v) is 6.11. The van der Waals surface area contributed by atoms with Crippen LogP contribution < -0.4 is 5.73 Å². The van der Waals surface area contributed by atoms with Crippen LogP contribution in [-0.4, -0.2) is 9.55 Å². The van der Waals surface area contributed by atoms with Crippen LogP contribution in [0.5, 0.6) is 0 Å². The molecule has 0 aliphatic heterocycles. The average molecular weight is 242 g/mol. The highest BCUT2D eigenvalue weighted by Crippen LogP contribution is 2.23. The smallest absolute Gasteiger partial charge is 0.140 e. The van der Waals surface area contributed by atoms with Gasteiger partial charge >= 0.3 is 0 Å². The number of aryl methyl sites for hydroxylation is 1. The molecule has 0 radical (unpaired) electrons. The summed E-state index contributed by atoms with van der Waals surface area (Å²) in [6, 6.07) is 6.28. The Bertz CT molecular complexity index is 589. The van der Waals surface area contributed by atoms with Crippen molar-refractivity contribution in [3.8, 4) is 6.07 Å². The summed E-state index contributed by atoms with van der Waals surface area (Å²) in [7, 11) is 0. The Labute approximate surface area is 107 Å². The Morgan fingerprint density at radius 1 is 1.50 bits per heavy atom. The molecule has 4 heteroatoms. The predicted octanol–water partition coefficient (Wildman–Crippen LogP) is 2.43. The lowest BCUT2D eigenvalue weighted by Gasteiger charge is -2.15. The van der Waals surface area contributed by atoms with Crippen molar-refractivity contribution in [1.29, 1.82) is 5.26 Å². The third kappa shape index (κ3) is 2.36. The van der Waals surface area contributed by atoms with Crippen LogP contribution in [0.3, 0.4) is 0 Å². The Balaban J connectivity index is 2.32. The van der Waals surface area contributed by atoms with E-state index in [-0.39, 0.29) is 5.41 Å². The summed E-state index contributed by atoms with van der Waals surface area (Å²) in [4.78, 5) is 4.40. The summed E-state index contributed by atoms with van der Waals surface area (Å²) in [5.74, 6) is 0. The highest BCUT2D eigenvalue weighted by atomic mass is 15.0. The molecule has 94 valence electrons. The fourth-order valence-electron chi connectivity index (χ4n) is 1.98. The monoisotopic (exact) mass is 242 g/mol. The SMILES string of the molecule is CC(C)(C#N)CCn1cc(CN)c2cccnc21. The van der Waals surface area contributed by atoms with Crippen molar-refractivity contribution < 1.29 is 0 Å². The van der Waals surface area contributed by atoms with Gasteiger partial charge in [-0.2, -0.15) is 5.26 Å². The minimum absolute atomic E-state index is 0.311. The molecule has 0 saturated carbocycles. The van der Waals surface area contributed by atoms with Gasteiger partial charge in [0.15, 0.2) is 0 Å². The van der Waals surface area contributed by atoms with Gasteiger partial charge in [0, 0.05) is 30.9 Å². The molecule has 0 unspecified atom stereocenters. The number of hydrogen-bond acceptors (Lipinski definition) is 3. The van der Waals surface area contributed by atoms with Crippen molar-refractivity contribution in [3.63, 3.8) is 0 Å². The van der Waals surface area contributed by atoms with Gasteiger partial charge in [0.2, 0.25) is 0 Å².